The standard InChI is InChI=1S/C58H43BN2O4.S4/c1-57(2)58(3,4)65-59(64-57)40-32-38(43-17-7-5-15-41(43)36-27-29-51(60-34-36)49-23-13-21-47-45-19-9-11-25-53(45)62-55(47)49)31-39(33-40)44-18-8-6-16-42(44)37-28-30-52(61-35-37)50-24-14-22-48-46-20-10-12-26-54(46)63-56(48)50;1-3-4-2/h5-35H,1-4H3;. The fourth-order valence-corrected chi connectivity index (χ4v) is 9.37. The van der Waals surface area contributed by atoms with Crippen molar-refractivity contribution in [3.8, 4) is 67.0 Å². The highest BCUT2D eigenvalue weighted by molar-refractivity contribution is 8.51. The molecule has 0 unspecified atom stereocenters. The Morgan fingerprint density at radius 3 is 1.19 bits per heavy atom. The van der Waals surface area contributed by atoms with E-state index < -0.39 is 18.3 Å². The molecule has 11 aromatic rings. The third-order valence-electron chi connectivity index (χ3n) is 13.5. The minimum atomic E-state index is -0.568. The molecule has 6 nitrogen and oxygen atoms in total. The van der Waals surface area contributed by atoms with Gasteiger partial charge in [0.1, 0.15) is 22.3 Å². The van der Waals surface area contributed by atoms with Crippen molar-refractivity contribution in [2.45, 2.75) is 38.9 Å². The molecule has 1 fully saturated rings. The van der Waals surface area contributed by atoms with Gasteiger partial charge in [-0.1, -0.05) is 133 Å². The first kappa shape index (κ1) is 44.8. The number of furan rings is 2. The Bertz CT molecular complexity index is 3590. The molecule has 7 aromatic carbocycles. The first-order valence-electron chi connectivity index (χ1n) is 22.6. The molecular weight excluding hydrogens is 928 g/mol. The van der Waals surface area contributed by atoms with E-state index in [0.717, 1.165) is 116 Å². The second kappa shape index (κ2) is 18.3. The molecule has 1 saturated heterocycles. The third kappa shape index (κ3) is 8.29. The smallest absolute Gasteiger partial charge is 0.455 e. The molecule has 336 valence electrons. The van der Waals surface area contributed by atoms with Gasteiger partial charge in [0.2, 0.25) is 0 Å². The zero-order valence-corrected chi connectivity index (χ0v) is 41.4. The van der Waals surface area contributed by atoms with E-state index in [0.29, 0.717) is 0 Å². The predicted molar refractivity (Wildman–Crippen MR) is 294 cm³/mol. The van der Waals surface area contributed by atoms with Gasteiger partial charge in [-0.05, 0) is 109 Å². The average Bonchev–Trinajstić information content (AvgIpc) is 4.04. The summed E-state index contributed by atoms with van der Waals surface area (Å²) in [5.41, 5.74) is 15.4. The fourth-order valence-electron chi connectivity index (χ4n) is 9.37. The molecule has 0 aliphatic carbocycles. The first-order chi connectivity index (χ1) is 33.6. The van der Waals surface area contributed by atoms with E-state index in [4.69, 9.17) is 28.1 Å². The third-order valence-corrected chi connectivity index (χ3v) is 15.7. The number of rotatable bonds is 7. The lowest BCUT2D eigenvalue weighted by atomic mass is 9.75. The van der Waals surface area contributed by atoms with Crippen LogP contribution >= 0.6 is 0 Å². The largest absolute Gasteiger partial charge is 0.494 e. The monoisotopic (exact) mass is 970 g/mol. The maximum atomic E-state index is 6.71. The van der Waals surface area contributed by atoms with Gasteiger partial charge in [0.15, 0.2) is 0 Å². The average molecular weight is 971 g/mol. The summed E-state index contributed by atoms with van der Waals surface area (Å²) in [6, 6.07) is 61.1. The molecule has 4 aromatic heterocycles. The number of para-hydroxylation sites is 4. The van der Waals surface area contributed by atoms with Gasteiger partial charge in [-0.25, -0.2) is 0 Å². The van der Waals surface area contributed by atoms with Crippen molar-refractivity contribution in [1.29, 1.82) is 0 Å². The predicted octanol–water partition coefficient (Wildman–Crippen LogP) is 14.6. The lowest BCUT2D eigenvalue weighted by Gasteiger charge is -2.32. The summed E-state index contributed by atoms with van der Waals surface area (Å²) in [5.74, 6) is 0. The molecular formula is C58H43BN2O4S4. The number of benzene rings is 7. The number of aromatic nitrogens is 2. The van der Waals surface area contributed by atoms with Crippen LogP contribution in [0.3, 0.4) is 0 Å². The lowest BCUT2D eigenvalue weighted by Crippen LogP contribution is -2.41. The van der Waals surface area contributed by atoms with Crippen molar-refractivity contribution in [1.82, 2.24) is 9.97 Å². The van der Waals surface area contributed by atoms with E-state index in [9.17, 15) is 0 Å². The molecule has 5 heterocycles. The fraction of sp³-hybridized carbons (Fsp3) is 0.103. The first-order valence-corrected chi connectivity index (χ1v) is 26.6. The normalized spacial score (nSPS) is 14.0. The van der Waals surface area contributed by atoms with E-state index in [-0.39, 0.29) is 0 Å². The van der Waals surface area contributed by atoms with Crippen LogP contribution < -0.4 is 5.46 Å². The lowest BCUT2D eigenvalue weighted by molar-refractivity contribution is 0.00578. The Hall–Kier alpha value is -6.70. The van der Waals surface area contributed by atoms with Crippen molar-refractivity contribution in [3.63, 3.8) is 0 Å². The van der Waals surface area contributed by atoms with E-state index in [1.807, 2.05) is 48.8 Å². The molecule has 1 aliphatic heterocycles. The van der Waals surface area contributed by atoms with Crippen LogP contribution in [0.1, 0.15) is 27.7 Å². The van der Waals surface area contributed by atoms with E-state index in [2.05, 4.69) is 190 Å². The highest BCUT2D eigenvalue weighted by Gasteiger charge is 2.52. The van der Waals surface area contributed by atoms with Crippen molar-refractivity contribution in [3.05, 3.63) is 188 Å². The Morgan fingerprint density at radius 2 is 0.783 bits per heavy atom. The van der Waals surface area contributed by atoms with Crippen LogP contribution in [-0.2, 0) is 49.4 Å². The van der Waals surface area contributed by atoms with Gasteiger partial charge in [-0.3, -0.25) is 9.97 Å². The molecule has 0 bridgehead atoms. The van der Waals surface area contributed by atoms with Crippen LogP contribution in [0.5, 0.6) is 0 Å². The number of fused-ring (bicyclic) bond motifs is 6. The maximum Gasteiger partial charge on any atom is 0.494 e. The zero-order valence-electron chi connectivity index (χ0n) is 38.1. The van der Waals surface area contributed by atoms with Crippen LogP contribution in [-0.4, -0.2) is 28.3 Å². The van der Waals surface area contributed by atoms with Gasteiger partial charge in [0, 0.05) is 96.3 Å². The van der Waals surface area contributed by atoms with Crippen molar-refractivity contribution < 1.29 is 18.1 Å². The van der Waals surface area contributed by atoms with E-state index in [1.54, 1.807) is 0 Å². The molecule has 11 heteroatoms. The molecule has 0 N–H and O–H groups in total. The summed E-state index contributed by atoms with van der Waals surface area (Å²) in [5, 5.41) is 4.36. The Balaban J connectivity index is 0.00000125. The van der Waals surface area contributed by atoms with Crippen molar-refractivity contribution >= 4 is 96.6 Å². The zero-order chi connectivity index (χ0) is 47.3. The maximum absolute atomic E-state index is 6.71. The summed E-state index contributed by atoms with van der Waals surface area (Å²) < 4.78 is 26.2. The van der Waals surface area contributed by atoms with Crippen LogP contribution in [0.2, 0.25) is 0 Å². The SMILES string of the molecule is CC1(C)OB(c2cc(-c3ccccc3-c3ccc(-c4cccc5c4oc4ccccc45)nc3)cc(-c3ccccc3-c3ccc(-c4cccc5c4oc4ccccc45)nc3)c2)OC1(C)C.S=S=S=S. The highest BCUT2D eigenvalue weighted by Crippen LogP contribution is 2.42. The Labute approximate surface area is 416 Å². The summed E-state index contributed by atoms with van der Waals surface area (Å²) in [7, 11) is 1.77. The molecule has 1 aliphatic rings. The van der Waals surface area contributed by atoms with Gasteiger partial charge >= 0.3 is 7.12 Å². The Kier molecular flexibility index (Phi) is 11.9. The van der Waals surface area contributed by atoms with E-state index >= 15 is 0 Å². The summed E-state index contributed by atoms with van der Waals surface area (Å²) in [6.07, 6.45) is 3.94. The topological polar surface area (TPSA) is 70.5 Å². The number of pyridine rings is 2. The number of hydrogen-bond donors (Lipinski definition) is 0. The number of hydrogen-bond acceptors (Lipinski definition) is 8. The van der Waals surface area contributed by atoms with Crippen molar-refractivity contribution in [2.75, 3.05) is 0 Å². The minimum Gasteiger partial charge on any atom is -0.455 e. The van der Waals surface area contributed by atoms with Gasteiger partial charge < -0.3 is 18.1 Å². The quantitative estimate of drug-likeness (QED) is 0.146. The molecule has 0 atom stereocenters. The minimum absolute atomic E-state index is 0.510. The van der Waals surface area contributed by atoms with Crippen LogP contribution in [0.25, 0.3) is 111 Å². The molecule has 12 rings (SSSR count). The van der Waals surface area contributed by atoms with Gasteiger partial charge in [0.25, 0.3) is 0 Å². The van der Waals surface area contributed by atoms with Gasteiger partial charge in [-0.2, -0.15) is 0 Å². The molecule has 0 amide bonds. The van der Waals surface area contributed by atoms with Crippen LogP contribution in [0.4, 0.5) is 0 Å². The second-order valence-corrected chi connectivity index (χ2v) is 21.6. The van der Waals surface area contributed by atoms with Gasteiger partial charge in [-0.15, -0.1) is 0 Å². The molecule has 0 radical (unpaired) electrons. The van der Waals surface area contributed by atoms with Crippen molar-refractivity contribution in [2.24, 2.45) is 0 Å². The second-order valence-electron chi connectivity index (χ2n) is 18.1. The summed E-state index contributed by atoms with van der Waals surface area (Å²) >= 11 is 8.66. The van der Waals surface area contributed by atoms with E-state index in [1.165, 1.54) is 17.8 Å². The van der Waals surface area contributed by atoms with Crippen LogP contribution in [0, 0.1) is 0 Å². The molecule has 0 saturated carbocycles. The molecule has 0 spiro atoms. The Morgan fingerprint density at radius 1 is 0.406 bits per heavy atom. The van der Waals surface area contributed by atoms with Gasteiger partial charge in [0.05, 0.1) is 22.6 Å². The number of nitrogens with zero attached hydrogens (tertiary/aromatic N) is 2. The highest BCUT2D eigenvalue weighted by atomic mass is 33.2. The van der Waals surface area contributed by atoms with Crippen LogP contribution in [0.15, 0.2) is 197 Å². The summed E-state index contributed by atoms with van der Waals surface area (Å²) in [6.45, 7) is 8.39. The molecule has 69 heavy (non-hydrogen) atoms. The summed E-state index contributed by atoms with van der Waals surface area (Å²) in [4.78, 5) is 10.1.